The van der Waals surface area contributed by atoms with Crippen LogP contribution in [0, 0.1) is 5.82 Å². The summed E-state index contributed by atoms with van der Waals surface area (Å²) in [6.07, 6.45) is 4.14. The summed E-state index contributed by atoms with van der Waals surface area (Å²) in [6.45, 7) is 2.97. The van der Waals surface area contributed by atoms with Gasteiger partial charge in [-0.3, -0.25) is 4.99 Å². The Hall–Kier alpha value is -2.40. The van der Waals surface area contributed by atoms with E-state index in [1.807, 2.05) is 6.07 Å². The molecule has 2 aromatic rings. The summed E-state index contributed by atoms with van der Waals surface area (Å²) in [6, 6.07) is 17.7. The molecule has 29 heavy (non-hydrogen) atoms. The van der Waals surface area contributed by atoms with Gasteiger partial charge in [0.15, 0.2) is 5.96 Å². The molecule has 1 saturated carbocycles. The van der Waals surface area contributed by atoms with E-state index in [1.54, 1.807) is 19.2 Å². The van der Waals surface area contributed by atoms with E-state index in [0.29, 0.717) is 19.8 Å². The molecule has 0 spiro atoms. The molecule has 0 aromatic heterocycles. The minimum atomic E-state index is -0.186. The van der Waals surface area contributed by atoms with Crippen molar-refractivity contribution < 1.29 is 9.13 Å². The summed E-state index contributed by atoms with van der Waals surface area (Å²) < 4.78 is 19.5. The average molecular weight is 396 g/mol. The second-order valence-corrected chi connectivity index (χ2v) is 8.33. The van der Waals surface area contributed by atoms with E-state index in [4.69, 9.17) is 4.74 Å². The standard InChI is InChI=1S/C24H30FN3O/c1-26-22(27-17-23(10-11-23)19-6-3-2-4-7-19)28-18-24(12-14-29-15-13-24)20-8-5-9-21(25)16-20/h2-9,16H,10-15,17-18H2,1H3,(H2,26,27,28). The van der Waals surface area contributed by atoms with Crippen LogP contribution in [0.3, 0.4) is 0 Å². The molecule has 4 rings (SSSR count). The van der Waals surface area contributed by atoms with E-state index >= 15 is 0 Å². The first-order chi connectivity index (χ1) is 14.2. The largest absolute Gasteiger partial charge is 0.381 e. The van der Waals surface area contributed by atoms with Crippen molar-refractivity contribution in [1.29, 1.82) is 0 Å². The molecule has 1 aliphatic heterocycles. The summed E-state index contributed by atoms with van der Waals surface area (Å²) in [5.74, 6) is 0.615. The first-order valence-electron chi connectivity index (χ1n) is 10.5. The van der Waals surface area contributed by atoms with Crippen LogP contribution in [0.15, 0.2) is 59.6 Å². The van der Waals surface area contributed by atoms with Gasteiger partial charge in [0.25, 0.3) is 0 Å². The van der Waals surface area contributed by atoms with Crippen LogP contribution in [0.2, 0.25) is 0 Å². The van der Waals surface area contributed by atoms with E-state index in [9.17, 15) is 4.39 Å². The summed E-state index contributed by atoms with van der Waals surface area (Å²) in [5.41, 5.74) is 2.50. The Morgan fingerprint density at radius 1 is 0.897 bits per heavy atom. The highest BCUT2D eigenvalue weighted by molar-refractivity contribution is 5.80. The number of hydrogen-bond acceptors (Lipinski definition) is 2. The molecular formula is C24H30FN3O. The Bertz CT molecular complexity index is 842. The van der Waals surface area contributed by atoms with Crippen molar-refractivity contribution >= 4 is 5.96 Å². The summed E-state index contributed by atoms with van der Waals surface area (Å²) in [4.78, 5) is 4.43. The van der Waals surface area contributed by atoms with Crippen molar-refractivity contribution in [3.8, 4) is 0 Å². The molecule has 0 atom stereocenters. The lowest BCUT2D eigenvalue weighted by Gasteiger charge is -2.38. The van der Waals surface area contributed by atoms with Crippen molar-refractivity contribution in [1.82, 2.24) is 10.6 Å². The summed E-state index contributed by atoms with van der Waals surface area (Å²) in [5, 5.41) is 7.03. The molecule has 154 valence electrons. The molecule has 1 heterocycles. The van der Waals surface area contributed by atoms with Gasteiger partial charge in [0, 0.05) is 44.2 Å². The number of benzene rings is 2. The molecule has 2 aliphatic rings. The van der Waals surface area contributed by atoms with Gasteiger partial charge in [0.2, 0.25) is 0 Å². The second-order valence-electron chi connectivity index (χ2n) is 8.33. The van der Waals surface area contributed by atoms with Crippen molar-refractivity contribution in [3.05, 3.63) is 71.5 Å². The monoisotopic (exact) mass is 395 g/mol. The number of hydrogen-bond donors (Lipinski definition) is 2. The quantitative estimate of drug-likeness (QED) is 0.578. The molecular weight excluding hydrogens is 365 g/mol. The normalized spacial score (nSPS) is 20.1. The van der Waals surface area contributed by atoms with E-state index < -0.39 is 0 Å². The number of nitrogens with zero attached hydrogens (tertiary/aromatic N) is 1. The maximum absolute atomic E-state index is 13.9. The SMILES string of the molecule is CN=C(NCC1(c2cccc(F)c2)CCOCC1)NCC1(c2ccccc2)CC1. The molecule has 1 aliphatic carbocycles. The fourth-order valence-electron chi connectivity index (χ4n) is 4.38. The predicted octanol–water partition coefficient (Wildman–Crippen LogP) is 3.77. The third-order valence-corrected chi connectivity index (χ3v) is 6.54. The van der Waals surface area contributed by atoms with Gasteiger partial charge in [0.1, 0.15) is 5.82 Å². The number of rotatable bonds is 6. The minimum absolute atomic E-state index is 0.144. The van der Waals surface area contributed by atoms with E-state index in [-0.39, 0.29) is 16.6 Å². The smallest absolute Gasteiger partial charge is 0.191 e. The van der Waals surface area contributed by atoms with Gasteiger partial charge in [-0.15, -0.1) is 0 Å². The number of nitrogens with one attached hydrogen (secondary N) is 2. The zero-order chi connectivity index (χ0) is 20.2. The maximum atomic E-state index is 13.9. The fraction of sp³-hybridized carbons (Fsp3) is 0.458. The Morgan fingerprint density at radius 2 is 1.52 bits per heavy atom. The Morgan fingerprint density at radius 3 is 2.10 bits per heavy atom. The fourth-order valence-corrected chi connectivity index (χ4v) is 4.38. The lowest BCUT2D eigenvalue weighted by Crippen LogP contribution is -2.49. The van der Waals surface area contributed by atoms with Crippen LogP contribution in [0.5, 0.6) is 0 Å². The van der Waals surface area contributed by atoms with Crippen molar-refractivity contribution in [2.45, 2.75) is 36.5 Å². The number of halogens is 1. The molecule has 0 unspecified atom stereocenters. The first kappa shape index (κ1) is 19.9. The lowest BCUT2D eigenvalue weighted by atomic mass is 9.74. The second kappa shape index (κ2) is 8.54. The molecule has 1 saturated heterocycles. The molecule has 0 bridgehead atoms. The lowest BCUT2D eigenvalue weighted by molar-refractivity contribution is 0.0513. The van der Waals surface area contributed by atoms with Gasteiger partial charge in [-0.05, 0) is 48.9 Å². The Labute approximate surface area is 172 Å². The highest BCUT2D eigenvalue weighted by Gasteiger charge is 2.44. The van der Waals surface area contributed by atoms with Crippen LogP contribution >= 0.6 is 0 Å². The molecule has 4 nitrogen and oxygen atoms in total. The molecule has 0 radical (unpaired) electrons. The van der Waals surface area contributed by atoms with Gasteiger partial charge < -0.3 is 15.4 Å². The summed E-state index contributed by atoms with van der Waals surface area (Å²) >= 11 is 0. The molecule has 0 amide bonds. The van der Waals surface area contributed by atoms with Crippen LogP contribution in [-0.4, -0.2) is 39.3 Å². The van der Waals surface area contributed by atoms with E-state index in [0.717, 1.165) is 30.9 Å². The Kier molecular flexibility index (Phi) is 5.86. The van der Waals surface area contributed by atoms with Crippen LogP contribution < -0.4 is 10.6 Å². The minimum Gasteiger partial charge on any atom is -0.381 e. The van der Waals surface area contributed by atoms with E-state index in [1.165, 1.54) is 24.5 Å². The average Bonchev–Trinajstić information content (AvgIpc) is 3.56. The van der Waals surface area contributed by atoms with Gasteiger partial charge in [-0.1, -0.05) is 42.5 Å². The van der Waals surface area contributed by atoms with E-state index in [2.05, 4.69) is 46.0 Å². The predicted molar refractivity (Wildman–Crippen MR) is 115 cm³/mol. The zero-order valence-corrected chi connectivity index (χ0v) is 17.1. The van der Waals surface area contributed by atoms with Gasteiger partial charge >= 0.3 is 0 Å². The maximum Gasteiger partial charge on any atom is 0.191 e. The number of guanidine groups is 1. The van der Waals surface area contributed by atoms with Crippen LogP contribution in [0.1, 0.15) is 36.8 Å². The molecule has 2 fully saturated rings. The first-order valence-corrected chi connectivity index (χ1v) is 10.5. The van der Waals surface area contributed by atoms with Gasteiger partial charge in [0.05, 0.1) is 0 Å². The highest BCUT2D eigenvalue weighted by atomic mass is 19.1. The van der Waals surface area contributed by atoms with Gasteiger partial charge in [-0.2, -0.15) is 0 Å². The third-order valence-electron chi connectivity index (χ3n) is 6.54. The van der Waals surface area contributed by atoms with Crippen LogP contribution in [-0.2, 0) is 15.6 Å². The van der Waals surface area contributed by atoms with Crippen molar-refractivity contribution in [2.24, 2.45) is 4.99 Å². The highest BCUT2D eigenvalue weighted by Crippen LogP contribution is 2.47. The van der Waals surface area contributed by atoms with Crippen LogP contribution in [0.25, 0.3) is 0 Å². The van der Waals surface area contributed by atoms with Gasteiger partial charge in [-0.25, -0.2) is 4.39 Å². The summed E-state index contributed by atoms with van der Waals surface area (Å²) in [7, 11) is 1.80. The molecule has 2 aromatic carbocycles. The third kappa shape index (κ3) is 4.45. The topological polar surface area (TPSA) is 45.7 Å². The zero-order valence-electron chi connectivity index (χ0n) is 17.1. The number of ether oxygens (including phenoxy) is 1. The molecule has 5 heteroatoms. The number of aliphatic imine (C=N–C) groups is 1. The van der Waals surface area contributed by atoms with Crippen molar-refractivity contribution in [2.75, 3.05) is 33.4 Å². The molecule has 2 N–H and O–H groups in total. The van der Waals surface area contributed by atoms with Crippen LogP contribution in [0.4, 0.5) is 4.39 Å². The van der Waals surface area contributed by atoms with Crippen molar-refractivity contribution in [3.63, 3.8) is 0 Å². The Balaban J connectivity index is 1.41.